The van der Waals surface area contributed by atoms with E-state index in [1.165, 1.54) is 6.07 Å². The minimum atomic E-state index is -1.22. The molecule has 1 aromatic heterocycles. The molecule has 0 unspecified atom stereocenters. The van der Waals surface area contributed by atoms with Crippen LogP contribution < -0.4 is 0 Å². The lowest BCUT2D eigenvalue weighted by molar-refractivity contribution is 0.0696. The summed E-state index contributed by atoms with van der Waals surface area (Å²) in [6, 6.07) is 3.28. The van der Waals surface area contributed by atoms with Gasteiger partial charge in [-0.2, -0.15) is 0 Å². The second-order valence-electron chi connectivity index (χ2n) is 2.90. The van der Waals surface area contributed by atoms with Crippen molar-refractivity contribution in [3.05, 3.63) is 35.9 Å². The third-order valence-electron chi connectivity index (χ3n) is 1.81. The smallest absolute Gasteiger partial charge is 0.335 e. The highest BCUT2D eigenvalue weighted by molar-refractivity contribution is 5.89. The molecule has 0 aliphatic rings. The van der Waals surface area contributed by atoms with Gasteiger partial charge in [-0.3, -0.25) is 0 Å². The fraction of sp³-hybridized carbons (Fsp3) is 0. The topological polar surface area (TPSA) is 88.9 Å². The molecule has 0 radical (unpaired) electrons. The Morgan fingerprint density at radius 3 is 2.50 bits per heavy atom. The van der Waals surface area contributed by atoms with Crippen LogP contribution in [0.1, 0.15) is 10.4 Å². The number of carbonyl (C=O) groups is 1. The van der Waals surface area contributed by atoms with E-state index in [1.54, 1.807) is 0 Å². The molecule has 0 bridgehead atoms. The van der Waals surface area contributed by atoms with Crippen molar-refractivity contribution in [3.8, 4) is 11.4 Å². The molecule has 0 saturated heterocycles. The molecule has 1 N–H and O–H groups in total. The van der Waals surface area contributed by atoms with Crippen molar-refractivity contribution < 1.29 is 14.3 Å². The number of nitrogens with zero attached hydrogens (tertiary/aromatic N) is 4. The minimum Gasteiger partial charge on any atom is -0.478 e. The van der Waals surface area contributed by atoms with Crippen LogP contribution in [0.4, 0.5) is 4.39 Å². The third-order valence-corrected chi connectivity index (χ3v) is 1.81. The molecule has 1 aromatic carbocycles. The van der Waals surface area contributed by atoms with Crippen molar-refractivity contribution in [3.63, 3.8) is 0 Å². The van der Waals surface area contributed by atoms with Gasteiger partial charge in [0, 0.05) is 5.56 Å². The molecule has 0 fully saturated rings. The zero-order chi connectivity index (χ0) is 11.5. The summed E-state index contributed by atoms with van der Waals surface area (Å²) in [6.07, 6.45) is 1.13. The van der Waals surface area contributed by atoms with Gasteiger partial charge < -0.3 is 5.11 Å². The van der Waals surface area contributed by atoms with Gasteiger partial charge in [0.2, 0.25) is 5.82 Å². The number of hydrogen-bond acceptors (Lipinski definition) is 5. The molecule has 0 atom stereocenters. The van der Waals surface area contributed by atoms with E-state index in [-0.39, 0.29) is 17.0 Å². The fourth-order valence-electron chi connectivity index (χ4n) is 1.16. The summed E-state index contributed by atoms with van der Waals surface area (Å²) in [6.45, 7) is 0. The zero-order valence-electron chi connectivity index (χ0n) is 7.83. The van der Waals surface area contributed by atoms with Crippen LogP contribution in [0.3, 0.4) is 0 Å². The maximum absolute atomic E-state index is 13.1. The molecule has 80 valence electrons. The summed E-state index contributed by atoms with van der Waals surface area (Å²) in [5, 5.41) is 22.9. The number of benzene rings is 1. The first kappa shape index (κ1) is 10.1. The fourth-order valence-corrected chi connectivity index (χ4v) is 1.16. The van der Waals surface area contributed by atoms with Gasteiger partial charge in [-0.05, 0) is 18.2 Å². The number of hydrogen-bond donors (Lipinski definition) is 1. The largest absolute Gasteiger partial charge is 0.478 e. The van der Waals surface area contributed by atoms with Gasteiger partial charge in [0.05, 0.1) is 5.56 Å². The minimum absolute atomic E-state index is 0.0736. The number of aromatic carboxylic acids is 1. The SMILES string of the molecule is O=C(O)c1cc(F)cc(-c2nncnn2)c1. The zero-order valence-corrected chi connectivity index (χ0v) is 7.83. The van der Waals surface area contributed by atoms with Crippen molar-refractivity contribution >= 4 is 5.97 Å². The van der Waals surface area contributed by atoms with E-state index in [9.17, 15) is 9.18 Å². The molecule has 6 nitrogen and oxygen atoms in total. The number of aromatic nitrogens is 4. The molecule has 0 amide bonds. The van der Waals surface area contributed by atoms with Gasteiger partial charge in [0.15, 0.2) is 6.33 Å². The highest BCUT2D eigenvalue weighted by Crippen LogP contribution is 2.17. The Kier molecular flexibility index (Phi) is 2.50. The molecule has 1 heterocycles. The molecule has 7 heteroatoms. The van der Waals surface area contributed by atoms with E-state index < -0.39 is 11.8 Å². The van der Waals surface area contributed by atoms with Crippen LogP contribution in [-0.2, 0) is 0 Å². The van der Waals surface area contributed by atoms with Gasteiger partial charge in [-0.1, -0.05) is 0 Å². The Morgan fingerprint density at radius 1 is 1.19 bits per heavy atom. The Hall–Kier alpha value is -2.44. The molecule has 16 heavy (non-hydrogen) atoms. The maximum Gasteiger partial charge on any atom is 0.335 e. The Labute approximate surface area is 88.8 Å². The number of carboxylic acid groups (broad SMARTS) is 1. The van der Waals surface area contributed by atoms with Crippen LogP contribution in [0, 0.1) is 5.82 Å². The summed E-state index contributed by atoms with van der Waals surface area (Å²) in [7, 11) is 0. The Morgan fingerprint density at radius 2 is 1.88 bits per heavy atom. The molecular formula is C9H5FN4O2. The van der Waals surface area contributed by atoms with Crippen molar-refractivity contribution in [1.82, 2.24) is 20.4 Å². The van der Waals surface area contributed by atoms with Crippen molar-refractivity contribution in [1.29, 1.82) is 0 Å². The summed E-state index contributed by atoms with van der Waals surface area (Å²) in [4.78, 5) is 10.7. The maximum atomic E-state index is 13.1. The lowest BCUT2D eigenvalue weighted by Crippen LogP contribution is -2.00. The first-order valence-corrected chi connectivity index (χ1v) is 4.21. The molecule has 2 rings (SSSR count). The highest BCUT2D eigenvalue weighted by Gasteiger charge is 2.10. The van der Waals surface area contributed by atoms with Gasteiger partial charge in [-0.15, -0.1) is 20.4 Å². The lowest BCUT2D eigenvalue weighted by atomic mass is 10.1. The Balaban J connectivity index is 2.54. The van der Waals surface area contributed by atoms with E-state index in [0.29, 0.717) is 0 Å². The van der Waals surface area contributed by atoms with Crippen molar-refractivity contribution in [2.24, 2.45) is 0 Å². The van der Waals surface area contributed by atoms with Crippen molar-refractivity contribution in [2.75, 3.05) is 0 Å². The normalized spacial score (nSPS) is 10.1. The Bertz CT molecular complexity index is 532. The van der Waals surface area contributed by atoms with E-state index in [0.717, 1.165) is 18.5 Å². The summed E-state index contributed by atoms with van der Waals surface area (Å²) < 4.78 is 13.1. The second kappa shape index (κ2) is 3.97. The number of rotatable bonds is 2. The molecular weight excluding hydrogens is 215 g/mol. The summed E-state index contributed by atoms with van der Waals surface area (Å²) >= 11 is 0. The van der Waals surface area contributed by atoms with Crippen LogP contribution in [-0.4, -0.2) is 31.5 Å². The van der Waals surface area contributed by atoms with Crippen LogP contribution in [0.2, 0.25) is 0 Å². The predicted molar refractivity (Wildman–Crippen MR) is 50.0 cm³/mol. The second-order valence-corrected chi connectivity index (χ2v) is 2.90. The van der Waals surface area contributed by atoms with E-state index >= 15 is 0 Å². The number of halogens is 1. The van der Waals surface area contributed by atoms with Crippen LogP contribution in [0.15, 0.2) is 24.5 Å². The van der Waals surface area contributed by atoms with Gasteiger partial charge >= 0.3 is 5.97 Å². The molecule has 2 aromatic rings. The average molecular weight is 220 g/mol. The molecule has 0 saturated carbocycles. The average Bonchev–Trinajstić information content (AvgIpc) is 2.29. The summed E-state index contributed by atoms with van der Waals surface area (Å²) in [5.41, 5.74) is 0.0421. The lowest BCUT2D eigenvalue weighted by Gasteiger charge is -2.00. The monoisotopic (exact) mass is 220 g/mol. The van der Waals surface area contributed by atoms with E-state index in [2.05, 4.69) is 20.4 Å². The van der Waals surface area contributed by atoms with E-state index in [4.69, 9.17) is 5.11 Å². The van der Waals surface area contributed by atoms with E-state index in [1.807, 2.05) is 0 Å². The standard InChI is InChI=1S/C9H5FN4O2/c10-7-2-5(1-6(3-7)9(15)16)8-13-11-4-12-14-8/h1-4H,(H,15,16). The molecule has 0 aliphatic heterocycles. The first-order chi connectivity index (χ1) is 7.66. The third kappa shape index (κ3) is 1.97. The van der Waals surface area contributed by atoms with Crippen molar-refractivity contribution in [2.45, 2.75) is 0 Å². The van der Waals surface area contributed by atoms with Crippen LogP contribution in [0.25, 0.3) is 11.4 Å². The molecule has 0 aliphatic carbocycles. The number of carboxylic acids is 1. The first-order valence-electron chi connectivity index (χ1n) is 4.21. The quantitative estimate of drug-likeness (QED) is 0.804. The highest BCUT2D eigenvalue weighted by atomic mass is 19.1. The predicted octanol–water partition coefficient (Wildman–Crippen LogP) is 0.771. The summed E-state index contributed by atoms with van der Waals surface area (Å²) in [5.74, 6) is -1.83. The van der Waals surface area contributed by atoms with Crippen LogP contribution in [0.5, 0.6) is 0 Å². The molecule has 0 spiro atoms. The van der Waals surface area contributed by atoms with Gasteiger partial charge in [-0.25, -0.2) is 9.18 Å². The van der Waals surface area contributed by atoms with Gasteiger partial charge in [0.25, 0.3) is 0 Å². The van der Waals surface area contributed by atoms with Gasteiger partial charge in [0.1, 0.15) is 5.82 Å². The van der Waals surface area contributed by atoms with Crippen LogP contribution >= 0.6 is 0 Å².